The molecule has 22 heavy (non-hydrogen) atoms. The zero-order valence-electron chi connectivity index (χ0n) is 11.5. The fourth-order valence-corrected chi connectivity index (χ4v) is 2.50. The number of pyridine rings is 1. The first-order chi connectivity index (χ1) is 10.7. The number of nitrogens with zero attached hydrogens (tertiary/aromatic N) is 2. The molecule has 3 rings (SSSR count). The zero-order chi connectivity index (χ0) is 15.5. The van der Waals surface area contributed by atoms with E-state index in [1.54, 1.807) is 24.5 Å². The van der Waals surface area contributed by atoms with Gasteiger partial charge in [0.1, 0.15) is 5.82 Å². The van der Waals surface area contributed by atoms with Gasteiger partial charge >= 0.3 is 0 Å². The van der Waals surface area contributed by atoms with Gasteiger partial charge in [-0.25, -0.2) is 4.98 Å². The van der Waals surface area contributed by atoms with E-state index in [0.717, 1.165) is 28.3 Å². The molecule has 0 amide bonds. The molecule has 3 aromatic rings. The van der Waals surface area contributed by atoms with Gasteiger partial charge in [0.05, 0.1) is 27.6 Å². The maximum atomic E-state index is 6.20. The lowest BCUT2D eigenvalue weighted by molar-refractivity contribution is 1.03. The topological polar surface area (TPSA) is 41.6 Å². The van der Waals surface area contributed by atoms with Crippen LogP contribution in [-0.4, -0.2) is 15.0 Å². The Labute approximate surface area is 138 Å². The number of aromatic amines is 1. The molecule has 0 spiro atoms. The molecule has 2 heterocycles. The average molecular weight is 328 g/mol. The van der Waals surface area contributed by atoms with Crippen molar-refractivity contribution in [3.63, 3.8) is 0 Å². The van der Waals surface area contributed by atoms with E-state index in [2.05, 4.69) is 20.9 Å². The van der Waals surface area contributed by atoms with Crippen molar-refractivity contribution in [2.45, 2.75) is 6.42 Å². The minimum absolute atomic E-state index is 0.536. The van der Waals surface area contributed by atoms with Gasteiger partial charge in [-0.2, -0.15) is 0 Å². The van der Waals surface area contributed by atoms with E-state index in [0.29, 0.717) is 16.5 Å². The van der Waals surface area contributed by atoms with E-state index >= 15 is 0 Å². The molecule has 0 atom stereocenters. The Morgan fingerprint density at radius 1 is 1.18 bits per heavy atom. The van der Waals surface area contributed by atoms with Crippen molar-refractivity contribution in [3.05, 3.63) is 69.7 Å². The first-order valence-corrected chi connectivity index (χ1v) is 7.33. The Bertz CT molecular complexity index is 862. The van der Waals surface area contributed by atoms with Crippen molar-refractivity contribution < 1.29 is 0 Å². The van der Waals surface area contributed by atoms with Gasteiger partial charge in [0.15, 0.2) is 0 Å². The van der Waals surface area contributed by atoms with E-state index < -0.39 is 0 Å². The van der Waals surface area contributed by atoms with Crippen molar-refractivity contribution in [1.82, 2.24) is 15.0 Å². The summed E-state index contributed by atoms with van der Waals surface area (Å²) in [6, 6.07) is 9.17. The highest BCUT2D eigenvalue weighted by Gasteiger charge is 2.09. The largest absolute Gasteiger partial charge is 0.340 e. The van der Waals surface area contributed by atoms with Crippen molar-refractivity contribution in [1.29, 1.82) is 0 Å². The summed E-state index contributed by atoms with van der Waals surface area (Å²) >= 11 is 12.2. The van der Waals surface area contributed by atoms with E-state index in [1.165, 1.54) is 0 Å². The smallest absolute Gasteiger partial charge is 0.111 e. The SMILES string of the molecule is C#Cc1ccnc(-c2cnc(Cc3cccc(Cl)c3Cl)[nH]2)c1. The quantitative estimate of drug-likeness (QED) is 0.726. The summed E-state index contributed by atoms with van der Waals surface area (Å²) in [7, 11) is 0. The Morgan fingerprint density at radius 2 is 2.05 bits per heavy atom. The predicted molar refractivity (Wildman–Crippen MR) is 89.0 cm³/mol. The third-order valence-electron chi connectivity index (χ3n) is 3.22. The van der Waals surface area contributed by atoms with Crippen LogP contribution in [0.25, 0.3) is 11.4 Å². The van der Waals surface area contributed by atoms with Crippen LogP contribution in [0.15, 0.2) is 42.7 Å². The maximum absolute atomic E-state index is 6.20. The highest BCUT2D eigenvalue weighted by molar-refractivity contribution is 6.42. The van der Waals surface area contributed by atoms with Gasteiger partial charge in [-0.1, -0.05) is 41.3 Å². The highest BCUT2D eigenvalue weighted by atomic mass is 35.5. The van der Waals surface area contributed by atoms with E-state index in [4.69, 9.17) is 29.6 Å². The second kappa shape index (κ2) is 6.23. The van der Waals surface area contributed by atoms with Gasteiger partial charge in [-0.15, -0.1) is 6.42 Å². The molecule has 1 aromatic carbocycles. The van der Waals surface area contributed by atoms with Crippen LogP contribution < -0.4 is 0 Å². The lowest BCUT2D eigenvalue weighted by atomic mass is 10.1. The zero-order valence-corrected chi connectivity index (χ0v) is 13.0. The molecule has 0 fully saturated rings. The number of nitrogens with one attached hydrogen (secondary N) is 1. The van der Waals surface area contributed by atoms with Crippen molar-refractivity contribution in [3.8, 4) is 23.7 Å². The molecule has 0 radical (unpaired) electrons. The van der Waals surface area contributed by atoms with E-state index in [1.807, 2.05) is 18.2 Å². The van der Waals surface area contributed by atoms with Gasteiger partial charge in [0.2, 0.25) is 0 Å². The third-order valence-corrected chi connectivity index (χ3v) is 4.08. The highest BCUT2D eigenvalue weighted by Crippen LogP contribution is 2.27. The van der Waals surface area contributed by atoms with E-state index in [9.17, 15) is 0 Å². The third kappa shape index (κ3) is 2.99. The molecule has 5 heteroatoms. The van der Waals surface area contributed by atoms with Crippen molar-refractivity contribution >= 4 is 23.2 Å². The lowest BCUT2D eigenvalue weighted by Crippen LogP contribution is -1.92. The molecular weight excluding hydrogens is 317 g/mol. The van der Waals surface area contributed by atoms with Gasteiger partial charge in [0.25, 0.3) is 0 Å². The molecule has 0 saturated carbocycles. The fraction of sp³-hybridized carbons (Fsp3) is 0.0588. The number of aromatic nitrogens is 3. The Morgan fingerprint density at radius 3 is 2.86 bits per heavy atom. The van der Waals surface area contributed by atoms with Gasteiger partial charge < -0.3 is 4.98 Å². The molecule has 3 nitrogen and oxygen atoms in total. The minimum Gasteiger partial charge on any atom is -0.340 e. The summed E-state index contributed by atoms with van der Waals surface area (Å²) in [6.45, 7) is 0. The first-order valence-electron chi connectivity index (χ1n) is 6.57. The number of halogens is 2. The minimum atomic E-state index is 0.536. The Kier molecular flexibility index (Phi) is 4.15. The maximum Gasteiger partial charge on any atom is 0.111 e. The van der Waals surface area contributed by atoms with Crippen LogP contribution in [0.5, 0.6) is 0 Å². The summed E-state index contributed by atoms with van der Waals surface area (Å²) < 4.78 is 0. The van der Waals surface area contributed by atoms with Gasteiger partial charge in [0, 0.05) is 18.2 Å². The second-order valence-electron chi connectivity index (χ2n) is 4.71. The summed E-state index contributed by atoms with van der Waals surface area (Å²) in [5.74, 6) is 3.38. The second-order valence-corrected chi connectivity index (χ2v) is 5.49. The number of hydrogen-bond acceptors (Lipinski definition) is 2. The summed E-state index contributed by atoms with van der Waals surface area (Å²) in [5.41, 5.74) is 3.26. The number of hydrogen-bond donors (Lipinski definition) is 1. The monoisotopic (exact) mass is 327 g/mol. The van der Waals surface area contributed by atoms with Crippen molar-refractivity contribution in [2.24, 2.45) is 0 Å². The number of benzene rings is 1. The van der Waals surface area contributed by atoms with Crippen molar-refractivity contribution in [2.75, 3.05) is 0 Å². The van der Waals surface area contributed by atoms with Crippen LogP contribution in [0.3, 0.4) is 0 Å². The summed E-state index contributed by atoms with van der Waals surface area (Å²) in [6.07, 6.45) is 9.38. The Hall–Kier alpha value is -2.28. The predicted octanol–water partition coefficient (Wildman–Crippen LogP) is 4.35. The lowest BCUT2D eigenvalue weighted by Gasteiger charge is -2.03. The van der Waals surface area contributed by atoms with Gasteiger partial charge in [-0.05, 0) is 23.8 Å². The molecule has 0 saturated heterocycles. The number of terminal acetylenes is 1. The summed E-state index contributed by atoms with van der Waals surface area (Å²) in [4.78, 5) is 11.9. The van der Waals surface area contributed by atoms with E-state index in [-0.39, 0.29) is 0 Å². The molecule has 0 bridgehead atoms. The number of H-pyrrole nitrogens is 1. The average Bonchev–Trinajstić information content (AvgIpc) is 3.00. The van der Waals surface area contributed by atoms with Crippen LogP contribution in [0, 0.1) is 12.3 Å². The Balaban J connectivity index is 1.88. The molecule has 0 aliphatic heterocycles. The standard InChI is InChI=1S/C17H11Cl2N3/c1-2-11-6-7-20-14(8-11)15-10-21-16(22-15)9-12-4-3-5-13(18)17(12)19/h1,3-8,10H,9H2,(H,21,22). The molecular formula is C17H11Cl2N3. The molecule has 0 aliphatic carbocycles. The first kappa shape index (κ1) is 14.6. The number of rotatable bonds is 3. The molecule has 0 unspecified atom stereocenters. The van der Waals surface area contributed by atoms with Crippen LogP contribution in [0.1, 0.15) is 17.0 Å². The van der Waals surface area contributed by atoms with Crippen LogP contribution in [0.2, 0.25) is 10.0 Å². The normalized spacial score (nSPS) is 10.4. The molecule has 2 aromatic heterocycles. The number of imidazole rings is 1. The van der Waals surface area contributed by atoms with Crippen LogP contribution >= 0.6 is 23.2 Å². The van der Waals surface area contributed by atoms with Crippen LogP contribution in [0.4, 0.5) is 0 Å². The molecule has 108 valence electrons. The fourth-order valence-electron chi connectivity index (χ4n) is 2.12. The molecule has 0 aliphatic rings. The summed E-state index contributed by atoms with van der Waals surface area (Å²) in [5, 5.41) is 1.09. The van der Waals surface area contributed by atoms with Crippen LogP contribution in [-0.2, 0) is 6.42 Å². The van der Waals surface area contributed by atoms with Gasteiger partial charge in [-0.3, -0.25) is 4.98 Å². The molecule has 1 N–H and O–H groups in total.